The van der Waals surface area contributed by atoms with Gasteiger partial charge in [-0.1, -0.05) is 6.08 Å². The molecule has 0 aliphatic carbocycles. The summed E-state index contributed by atoms with van der Waals surface area (Å²) in [6, 6.07) is 0. The predicted molar refractivity (Wildman–Crippen MR) is 24.2 cm³/mol. The van der Waals surface area contributed by atoms with Crippen LogP contribution in [-0.2, 0) is 24.2 Å². The zero-order chi connectivity index (χ0) is 4.24. The molecule has 0 radical (unpaired) electrons. The van der Waals surface area contributed by atoms with Gasteiger partial charge in [-0.15, -0.1) is 0 Å². The fraction of sp³-hybridized carbons (Fsp3) is 0.200. The molecule has 2 heteroatoms. The van der Waals surface area contributed by atoms with Gasteiger partial charge in [0.05, 0.1) is 6.26 Å². The van der Waals surface area contributed by atoms with Crippen molar-refractivity contribution in [1.82, 2.24) is 0 Å². The molecule has 0 amide bonds. The second-order valence-corrected chi connectivity index (χ2v) is 1.09. The Bertz CT molecular complexity index is 74.1. The van der Waals surface area contributed by atoms with Gasteiger partial charge in [0.2, 0.25) is 0 Å². The van der Waals surface area contributed by atoms with Gasteiger partial charge in [0.1, 0.15) is 6.61 Å². The summed E-state index contributed by atoms with van der Waals surface area (Å²) in [6.07, 6.45) is 7.47. The van der Waals surface area contributed by atoms with Gasteiger partial charge in [0.25, 0.3) is 0 Å². The van der Waals surface area contributed by atoms with Crippen LogP contribution in [0.4, 0.5) is 0 Å². The first-order valence-corrected chi connectivity index (χ1v) is 1.93. The van der Waals surface area contributed by atoms with E-state index in [-0.39, 0.29) is 19.5 Å². The SMILES string of the molecule is C1=CCOC=C1.[Zn]. The number of hydrogen-bond donors (Lipinski definition) is 0. The van der Waals surface area contributed by atoms with Crippen LogP contribution in [0.2, 0.25) is 0 Å². The molecule has 0 aromatic heterocycles. The minimum absolute atomic E-state index is 0. The van der Waals surface area contributed by atoms with Crippen molar-refractivity contribution < 1.29 is 24.2 Å². The van der Waals surface area contributed by atoms with Crippen LogP contribution in [0.1, 0.15) is 0 Å². The Kier molecular flexibility index (Phi) is 4.02. The standard InChI is InChI=1S/C5H6O.Zn/c1-2-4-6-5-3-1;/h1-4H,5H2;. The van der Waals surface area contributed by atoms with Crippen LogP contribution in [0.25, 0.3) is 0 Å². The van der Waals surface area contributed by atoms with Crippen molar-refractivity contribution >= 4 is 0 Å². The summed E-state index contributed by atoms with van der Waals surface area (Å²) in [5.74, 6) is 0. The van der Waals surface area contributed by atoms with E-state index in [4.69, 9.17) is 4.74 Å². The average Bonchev–Trinajstić information content (AvgIpc) is 1.72. The molecule has 0 fully saturated rings. The third-order valence-corrected chi connectivity index (χ3v) is 0.614. The first kappa shape index (κ1) is 6.90. The van der Waals surface area contributed by atoms with Crippen molar-refractivity contribution in [2.75, 3.05) is 6.61 Å². The first-order valence-electron chi connectivity index (χ1n) is 1.93. The first-order chi connectivity index (χ1) is 3.00. The third kappa shape index (κ3) is 2.58. The van der Waals surface area contributed by atoms with Crippen molar-refractivity contribution in [3.63, 3.8) is 0 Å². The molecule has 1 aliphatic rings. The molecule has 0 aromatic carbocycles. The topological polar surface area (TPSA) is 9.23 Å². The molecule has 1 heterocycles. The van der Waals surface area contributed by atoms with Crippen LogP contribution in [0.5, 0.6) is 0 Å². The summed E-state index contributed by atoms with van der Waals surface area (Å²) >= 11 is 0. The summed E-state index contributed by atoms with van der Waals surface area (Å²) in [6.45, 7) is 0.733. The summed E-state index contributed by atoms with van der Waals surface area (Å²) in [5.41, 5.74) is 0. The molecule has 0 saturated heterocycles. The van der Waals surface area contributed by atoms with Crippen molar-refractivity contribution in [3.05, 3.63) is 24.5 Å². The van der Waals surface area contributed by atoms with Gasteiger partial charge in [-0.25, -0.2) is 0 Å². The number of rotatable bonds is 0. The second kappa shape index (κ2) is 4.07. The predicted octanol–water partition coefficient (Wildman–Crippen LogP) is 1.08. The maximum Gasteiger partial charge on any atom is 0.106 e. The molecule has 0 bridgehead atoms. The number of allylic oxidation sites excluding steroid dienone is 2. The zero-order valence-corrected chi connectivity index (χ0v) is 7.10. The Morgan fingerprint density at radius 2 is 2.14 bits per heavy atom. The Hall–Kier alpha value is -0.0966. The maximum absolute atomic E-state index is 4.80. The van der Waals surface area contributed by atoms with Crippen LogP contribution >= 0.6 is 0 Å². The van der Waals surface area contributed by atoms with Crippen LogP contribution < -0.4 is 0 Å². The molecule has 0 spiro atoms. The van der Waals surface area contributed by atoms with Gasteiger partial charge < -0.3 is 4.74 Å². The van der Waals surface area contributed by atoms with E-state index < -0.39 is 0 Å². The average molecular weight is 147 g/mol. The minimum atomic E-state index is 0. The smallest absolute Gasteiger partial charge is 0.106 e. The van der Waals surface area contributed by atoms with E-state index in [1.165, 1.54) is 0 Å². The van der Waals surface area contributed by atoms with Gasteiger partial charge in [0, 0.05) is 19.5 Å². The van der Waals surface area contributed by atoms with Gasteiger partial charge in [0.15, 0.2) is 0 Å². The van der Waals surface area contributed by atoms with E-state index in [9.17, 15) is 0 Å². The van der Waals surface area contributed by atoms with Crippen molar-refractivity contribution in [2.45, 2.75) is 0 Å². The fourth-order valence-electron chi connectivity index (χ4n) is 0.346. The third-order valence-electron chi connectivity index (χ3n) is 0.614. The van der Waals surface area contributed by atoms with E-state index in [1.807, 2.05) is 18.2 Å². The Balaban J connectivity index is 0.000000360. The maximum atomic E-state index is 4.80. The molecule has 0 atom stereocenters. The summed E-state index contributed by atoms with van der Waals surface area (Å²) < 4.78 is 4.80. The molecule has 0 aromatic rings. The number of ether oxygens (including phenoxy) is 1. The summed E-state index contributed by atoms with van der Waals surface area (Å²) in [7, 11) is 0. The van der Waals surface area contributed by atoms with Crippen LogP contribution in [0, 0.1) is 0 Å². The summed E-state index contributed by atoms with van der Waals surface area (Å²) in [4.78, 5) is 0. The van der Waals surface area contributed by atoms with Crippen molar-refractivity contribution in [2.24, 2.45) is 0 Å². The van der Waals surface area contributed by atoms with Crippen LogP contribution in [-0.4, -0.2) is 6.61 Å². The molecular formula is C5H6OZn. The molecule has 7 heavy (non-hydrogen) atoms. The van der Waals surface area contributed by atoms with E-state index in [0.717, 1.165) is 6.61 Å². The molecular weight excluding hydrogens is 141 g/mol. The molecule has 1 rings (SSSR count). The van der Waals surface area contributed by atoms with E-state index in [0.29, 0.717) is 0 Å². The molecule has 1 aliphatic heterocycles. The zero-order valence-electron chi connectivity index (χ0n) is 4.13. The Labute approximate surface area is 55.8 Å². The van der Waals surface area contributed by atoms with Crippen LogP contribution in [0.3, 0.4) is 0 Å². The Morgan fingerprint density at radius 1 is 1.29 bits per heavy atom. The van der Waals surface area contributed by atoms with Gasteiger partial charge in [-0.05, 0) is 12.2 Å². The van der Waals surface area contributed by atoms with Crippen molar-refractivity contribution in [3.8, 4) is 0 Å². The summed E-state index contributed by atoms with van der Waals surface area (Å²) in [5, 5.41) is 0. The van der Waals surface area contributed by atoms with Crippen molar-refractivity contribution in [1.29, 1.82) is 0 Å². The van der Waals surface area contributed by atoms with E-state index in [1.54, 1.807) is 6.26 Å². The van der Waals surface area contributed by atoms with E-state index >= 15 is 0 Å². The van der Waals surface area contributed by atoms with E-state index in [2.05, 4.69) is 0 Å². The quantitative estimate of drug-likeness (QED) is 0.466. The molecule has 0 saturated carbocycles. The fourth-order valence-corrected chi connectivity index (χ4v) is 0.346. The minimum Gasteiger partial charge on any atom is -0.497 e. The van der Waals surface area contributed by atoms with Crippen LogP contribution in [0.15, 0.2) is 24.5 Å². The second-order valence-electron chi connectivity index (χ2n) is 1.09. The molecule has 0 unspecified atom stereocenters. The van der Waals surface area contributed by atoms with Gasteiger partial charge in [-0.3, -0.25) is 0 Å². The number of hydrogen-bond acceptors (Lipinski definition) is 1. The van der Waals surface area contributed by atoms with Gasteiger partial charge >= 0.3 is 0 Å². The largest absolute Gasteiger partial charge is 0.497 e. The van der Waals surface area contributed by atoms with Gasteiger partial charge in [-0.2, -0.15) is 0 Å². The molecule has 34 valence electrons. The monoisotopic (exact) mass is 146 g/mol. The normalized spacial score (nSPS) is 14.9. The molecule has 0 N–H and O–H groups in total. The Morgan fingerprint density at radius 3 is 2.29 bits per heavy atom. The molecule has 1 nitrogen and oxygen atoms in total.